The molecule has 0 aliphatic rings. The summed E-state index contributed by atoms with van der Waals surface area (Å²) in [4.78, 5) is 48.8. The number of carbonyl (C=O) groups is 4. The average Bonchev–Trinajstić information content (AvgIpc) is 3.25. The van der Waals surface area contributed by atoms with Crippen LogP contribution in [-0.2, 0) is 57.7 Å². The summed E-state index contributed by atoms with van der Waals surface area (Å²) < 4.78 is 0. The number of hydrogen-bond donors (Lipinski definition) is 4. The van der Waals surface area contributed by atoms with Gasteiger partial charge in [0.05, 0.1) is 0 Å². The highest BCUT2D eigenvalue weighted by molar-refractivity contribution is 5.78. The molecule has 4 N–H and O–H groups in total. The highest BCUT2D eigenvalue weighted by atomic mass is 16.4. The van der Waals surface area contributed by atoms with E-state index < -0.39 is 23.9 Å². The van der Waals surface area contributed by atoms with Crippen molar-refractivity contribution in [1.29, 1.82) is 0 Å². The lowest BCUT2D eigenvalue weighted by molar-refractivity contribution is -0.138. The molecule has 0 fully saturated rings. The topological polar surface area (TPSA) is 156 Å². The van der Waals surface area contributed by atoms with Crippen LogP contribution < -0.4 is 9.80 Å². The highest BCUT2D eigenvalue weighted by Crippen LogP contribution is 2.37. The van der Waals surface area contributed by atoms with Crippen molar-refractivity contribution in [1.82, 2.24) is 0 Å². The van der Waals surface area contributed by atoms with E-state index in [1.165, 1.54) is 11.1 Å². The summed E-state index contributed by atoms with van der Waals surface area (Å²) in [6.07, 6.45) is 3.65. The Morgan fingerprint density at radius 2 is 0.417 bits per heavy atom. The van der Waals surface area contributed by atoms with E-state index in [1.807, 2.05) is 97.1 Å². The van der Waals surface area contributed by atoms with E-state index in [-0.39, 0.29) is 25.7 Å². The van der Waals surface area contributed by atoms with Gasteiger partial charge in [-0.3, -0.25) is 19.2 Å². The smallest absolute Gasteiger partial charge is 0.303 e. The fourth-order valence-electron chi connectivity index (χ4n) is 7.06. The molecule has 0 heterocycles. The number of nitrogens with zero attached hydrogens (tertiary/aromatic N) is 2. The van der Waals surface area contributed by atoms with Gasteiger partial charge in [-0.05, 0) is 145 Å². The van der Waals surface area contributed by atoms with Gasteiger partial charge >= 0.3 is 23.9 Å². The van der Waals surface area contributed by atoms with Crippen LogP contribution in [0, 0.1) is 0 Å². The molecular formula is C50H48N2O8. The number of carboxylic acid groups (broad SMARTS) is 4. The molecule has 0 saturated heterocycles. The number of rotatable bonds is 21. The van der Waals surface area contributed by atoms with Crippen LogP contribution in [0.4, 0.5) is 34.1 Å². The van der Waals surface area contributed by atoms with Crippen molar-refractivity contribution in [3.63, 3.8) is 0 Å². The fourth-order valence-corrected chi connectivity index (χ4v) is 7.06. The van der Waals surface area contributed by atoms with Gasteiger partial charge in [-0.2, -0.15) is 0 Å². The van der Waals surface area contributed by atoms with E-state index in [1.54, 1.807) is 0 Å². The Bertz CT molecular complexity index is 2060. The van der Waals surface area contributed by atoms with Crippen LogP contribution in [0.3, 0.4) is 0 Å². The molecule has 6 rings (SSSR count). The summed E-state index contributed by atoms with van der Waals surface area (Å²) >= 11 is 0. The third kappa shape index (κ3) is 12.2. The molecule has 306 valence electrons. The third-order valence-electron chi connectivity index (χ3n) is 10.4. The van der Waals surface area contributed by atoms with Gasteiger partial charge in [0.2, 0.25) is 0 Å². The van der Waals surface area contributed by atoms with Crippen molar-refractivity contribution in [3.8, 4) is 0 Å². The maximum absolute atomic E-state index is 11.1. The predicted octanol–water partition coefficient (Wildman–Crippen LogP) is 10.5. The van der Waals surface area contributed by atoms with E-state index in [0.717, 1.165) is 69.2 Å². The van der Waals surface area contributed by atoms with Crippen molar-refractivity contribution in [2.24, 2.45) is 0 Å². The summed E-state index contributed by atoms with van der Waals surface area (Å²) in [5.41, 5.74) is 11.6. The maximum Gasteiger partial charge on any atom is 0.303 e. The van der Waals surface area contributed by atoms with Crippen molar-refractivity contribution in [2.45, 2.75) is 64.2 Å². The lowest BCUT2D eigenvalue weighted by Crippen LogP contribution is -2.10. The zero-order valence-corrected chi connectivity index (χ0v) is 33.2. The van der Waals surface area contributed by atoms with Gasteiger partial charge in [0.15, 0.2) is 0 Å². The van der Waals surface area contributed by atoms with Crippen LogP contribution in [0.1, 0.15) is 59.1 Å². The Labute approximate surface area is 349 Å². The second-order valence-electron chi connectivity index (χ2n) is 14.7. The molecule has 10 nitrogen and oxygen atoms in total. The van der Waals surface area contributed by atoms with E-state index in [0.29, 0.717) is 25.7 Å². The molecule has 0 radical (unpaired) electrons. The average molecular weight is 805 g/mol. The summed E-state index contributed by atoms with van der Waals surface area (Å²) in [6.45, 7) is 0. The number of anilines is 6. The first-order valence-electron chi connectivity index (χ1n) is 20.0. The molecule has 0 amide bonds. The number of benzene rings is 6. The molecule has 0 atom stereocenters. The highest BCUT2D eigenvalue weighted by Gasteiger charge is 2.16. The third-order valence-corrected chi connectivity index (χ3v) is 10.4. The molecule has 6 aromatic rings. The lowest BCUT2D eigenvalue weighted by atomic mass is 10.0. The van der Waals surface area contributed by atoms with Crippen molar-refractivity contribution >= 4 is 58.0 Å². The first-order valence-corrected chi connectivity index (χ1v) is 20.0. The Hall–Kier alpha value is -7.20. The molecule has 6 aromatic carbocycles. The predicted molar refractivity (Wildman–Crippen MR) is 233 cm³/mol. The SMILES string of the molecule is O=C(O)CCc1ccc(N(c2ccc(CCC(=O)O)cc2)c2ccc(CCc3ccc(N(c4ccc(CCC(=O)O)cc4)c4ccc(CCC(=O)O)cc4)cc3)cc2)cc1. The van der Waals surface area contributed by atoms with Crippen molar-refractivity contribution in [3.05, 3.63) is 179 Å². The molecule has 0 unspecified atom stereocenters. The number of hydrogen-bond acceptors (Lipinski definition) is 6. The molecule has 0 aromatic heterocycles. The van der Waals surface area contributed by atoms with Crippen LogP contribution >= 0.6 is 0 Å². The van der Waals surface area contributed by atoms with Crippen LogP contribution in [0.15, 0.2) is 146 Å². The van der Waals surface area contributed by atoms with Crippen LogP contribution in [0.25, 0.3) is 0 Å². The van der Waals surface area contributed by atoms with Gasteiger partial charge < -0.3 is 30.2 Å². The Morgan fingerprint density at radius 3 is 0.567 bits per heavy atom. The van der Waals surface area contributed by atoms with Gasteiger partial charge in [0.25, 0.3) is 0 Å². The van der Waals surface area contributed by atoms with Crippen LogP contribution in [0.5, 0.6) is 0 Å². The molecule has 60 heavy (non-hydrogen) atoms. The quantitative estimate of drug-likeness (QED) is 0.0552. The normalized spacial score (nSPS) is 10.9. The maximum atomic E-state index is 11.1. The Kier molecular flexibility index (Phi) is 14.5. The molecular weight excluding hydrogens is 757 g/mol. The molecule has 0 spiro atoms. The molecule has 0 bridgehead atoms. The Morgan fingerprint density at radius 1 is 0.267 bits per heavy atom. The number of aliphatic carboxylic acids is 4. The summed E-state index contributed by atoms with van der Waals surface area (Å²) in [5, 5.41) is 36.5. The van der Waals surface area contributed by atoms with Gasteiger partial charge in [-0.15, -0.1) is 0 Å². The largest absolute Gasteiger partial charge is 0.481 e. The summed E-state index contributed by atoms with van der Waals surface area (Å²) in [6, 6.07) is 48.4. The van der Waals surface area contributed by atoms with Crippen LogP contribution in [-0.4, -0.2) is 44.3 Å². The van der Waals surface area contributed by atoms with Gasteiger partial charge in [-0.1, -0.05) is 72.8 Å². The lowest BCUT2D eigenvalue weighted by Gasteiger charge is -2.26. The summed E-state index contributed by atoms with van der Waals surface area (Å²) in [5.74, 6) is -3.34. The fraction of sp³-hybridized carbons (Fsp3) is 0.200. The van der Waals surface area contributed by atoms with E-state index in [4.69, 9.17) is 20.4 Å². The van der Waals surface area contributed by atoms with Gasteiger partial charge in [0.1, 0.15) is 0 Å². The standard InChI is InChI=1S/C50H48N2O8/c53-47(54)31-15-37-7-23-43(24-8-37)51(44-25-9-38(10-26-44)16-32-48(55)56)41-19-3-35(4-20-41)1-2-36-5-21-42(22-6-36)52(45-27-11-39(12-28-45)17-33-49(57)58)46-29-13-40(14-30-46)18-34-50(59)60/h3-14,19-30H,1-2,15-18,31-34H2,(H,53,54)(H,55,56)(H,57,58)(H,59,60). The zero-order chi connectivity index (χ0) is 42.4. The number of carboxylic acids is 4. The first kappa shape index (κ1) is 42.4. The van der Waals surface area contributed by atoms with Crippen molar-refractivity contribution < 1.29 is 39.6 Å². The monoisotopic (exact) mass is 804 g/mol. The van der Waals surface area contributed by atoms with E-state index >= 15 is 0 Å². The zero-order valence-electron chi connectivity index (χ0n) is 33.2. The van der Waals surface area contributed by atoms with Crippen LogP contribution in [0.2, 0.25) is 0 Å². The summed E-state index contributed by atoms with van der Waals surface area (Å²) in [7, 11) is 0. The second kappa shape index (κ2) is 20.5. The minimum atomic E-state index is -0.836. The van der Waals surface area contributed by atoms with Gasteiger partial charge in [0, 0.05) is 59.8 Å². The van der Waals surface area contributed by atoms with Gasteiger partial charge in [-0.25, -0.2) is 0 Å². The van der Waals surface area contributed by atoms with Crippen molar-refractivity contribution in [2.75, 3.05) is 9.80 Å². The van der Waals surface area contributed by atoms with E-state index in [9.17, 15) is 19.2 Å². The second-order valence-corrected chi connectivity index (χ2v) is 14.7. The molecule has 10 heteroatoms. The minimum Gasteiger partial charge on any atom is -0.481 e. The molecule has 0 aliphatic heterocycles. The first-order chi connectivity index (χ1) is 29.0. The molecule has 0 aliphatic carbocycles. The Balaban J connectivity index is 1.18. The van der Waals surface area contributed by atoms with E-state index in [2.05, 4.69) is 58.3 Å². The number of aryl methyl sites for hydroxylation is 6. The minimum absolute atomic E-state index is 0.0608. The molecule has 0 saturated carbocycles.